The van der Waals surface area contributed by atoms with Gasteiger partial charge in [-0.25, -0.2) is 17.7 Å². The molecule has 1 saturated carbocycles. The summed E-state index contributed by atoms with van der Waals surface area (Å²) in [4.78, 5) is 2.79. The fourth-order valence-corrected chi connectivity index (χ4v) is 8.17. The van der Waals surface area contributed by atoms with Crippen molar-refractivity contribution in [1.82, 2.24) is 9.30 Å². The fourth-order valence-electron chi connectivity index (χ4n) is 6.23. The lowest BCUT2D eigenvalue weighted by Crippen LogP contribution is -2.36. The molecule has 1 heterocycles. The van der Waals surface area contributed by atoms with E-state index in [0.717, 1.165) is 85.8 Å². The maximum atomic E-state index is 13.4. The molecule has 2 aromatic rings. The summed E-state index contributed by atoms with van der Waals surface area (Å²) in [6.45, 7) is 11.9. The van der Waals surface area contributed by atoms with Crippen molar-refractivity contribution in [1.29, 1.82) is 0 Å². The Morgan fingerprint density at radius 1 is 0.955 bits per heavy atom. The van der Waals surface area contributed by atoms with E-state index in [-0.39, 0.29) is 10.9 Å². The lowest BCUT2D eigenvalue weighted by Gasteiger charge is -2.23. The molecule has 0 amide bonds. The van der Waals surface area contributed by atoms with E-state index in [1.54, 1.807) is 18.2 Å². The fraction of sp³-hybridized carbons (Fsp3) is 0.424. The van der Waals surface area contributed by atoms with E-state index in [9.17, 15) is 13.7 Å². The average Bonchev–Trinajstić information content (AvgIpc) is 3.04. The molecule has 44 heavy (non-hydrogen) atoms. The van der Waals surface area contributed by atoms with Crippen LogP contribution in [0.15, 0.2) is 68.8 Å². The van der Waals surface area contributed by atoms with Gasteiger partial charge in [-0.3, -0.25) is 5.04 Å². The van der Waals surface area contributed by atoms with Gasteiger partial charge in [-0.15, -0.1) is 0 Å². The van der Waals surface area contributed by atoms with Crippen LogP contribution in [0.1, 0.15) is 59.8 Å². The van der Waals surface area contributed by atoms with Gasteiger partial charge in [-0.05, 0) is 76.4 Å². The minimum Gasteiger partial charge on any atom is -0.691 e. The van der Waals surface area contributed by atoms with Crippen LogP contribution in [0, 0.1) is 0 Å². The van der Waals surface area contributed by atoms with Crippen LogP contribution in [0.25, 0.3) is 33.4 Å². The highest BCUT2D eigenvalue weighted by Crippen LogP contribution is 2.44. The SMILES string of the molecule is CCN(CC)c1ccc2c(-c3ccc(S(=O)(=O)NC4CCCCC4)cc3SOO[O-])c3ccc(=[N+](CC)CC)cc-3oc2c1. The standard InChI is InChI=1S/C33H41N3O6S2/c1-5-35(6-2)24-14-17-27-30(20-24)40-31-21-25(36(7-3)8-4)15-18-28(31)33(27)29-19-16-26(22-32(29)43-42-41-37)44(38,39)34-23-12-10-9-11-13-23/h14-23,34H,5-13H2,1-4H3. The average molecular weight is 640 g/mol. The van der Waals surface area contributed by atoms with E-state index in [2.05, 4.69) is 59.1 Å². The molecule has 1 aliphatic heterocycles. The molecule has 236 valence electrons. The highest BCUT2D eigenvalue weighted by molar-refractivity contribution is 7.94. The van der Waals surface area contributed by atoms with Crippen LogP contribution in [-0.4, -0.2) is 40.6 Å². The number of sulfonamides is 1. The molecule has 2 aliphatic carbocycles. The van der Waals surface area contributed by atoms with Crippen molar-refractivity contribution in [2.24, 2.45) is 0 Å². The quantitative estimate of drug-likeness (QED) is 0.0692. The third-order valence-corrected chi connectivity index (χ3v) is 10.7. The van der Waals surface area contributed by atoms with Crippen molar-refractivity contribution in [3.63, 3.8) is 0 Å². The molecule has 0 unspecified atom stereocenters. The number of hydrogen-bond acceptors (Lipinski definition) is 8. The smallest absolute Gasteiger partial charge is 0.240 e. The number of nitrogens with zero attached hydrogens (tertiary/aromatic N) is 2. The largest absolute Gasteiger partial charge is 0.691 e. The van der Waals surface area contributed by atoms with Crippen molar-refractivity contribution < 1.29 is 27.5 Å². The Bertz CT molecular complexity index is 1740. The third kappa shape index (κ3) is 6.83. The van der Waals surface area contributed by atoms with Gasteiger partial charge >= 0.3 is 0 Å². The predicted molar refractivity (Wildman–Crippen MR) is 173 cm³/mol. The van der Waals surface area contributed by atoms with Crippen LogP contribution in [0.3, 0.4) is 0 Å². The Labute approximate surface area is 264 Å². The number of rotatable bonds is 12. The van der Waals surface area contributed by atoms with Gasteiger partial charge in [0, 0.05) is 58.4 Å². The summed E-state index contributed by atoms with van der Waals surface area (Å²) in [5.74, 6) is 0.696. The Morgan fingerprint density at radius 3 is 2.36 bits per heavy atom. The zero-order valence-electron chi connectivity index (χ0n) is 25.8. The summed E-state index contributed by atoms with van der Waals surface area (Å²) in [6.07, 6.45) is 4.78. The maximum absolute atomic E-state index is 13.4. The second-order valence-electron chi connectivity index (χ2n) is 11.0. The first-order valence-corrected chi connectivity index (χ1v) is 17.7. The minimum atomic E-state index is -3.80. The molecule has 1 fully saturated rings. The molecule has 0 radical (unpaired) electrons. The summed E-state index contributed by atoms with van der Waals surface area (Å²) in [7, 11) is -3.80. The highest BCUT2D eigenvalue weighted by atomic mass is 32.2. The Balaban J connectivity index is 1.74. The Morgan fingerprint density at radius 2 is 1.68 bits per heavy atom. The molecule has 0 saturated heterocycles. The molecule has 0 atom stereocenters. The van der Waals surface area contributed by atoms with Gasteiger partial charge in [0.1, 0.15) is 24.4 Å². The number of fused-ring (bicyclic) bond motifs is 2. The zero-order valence-corrected chi connectivity index (χ0v) is 27.4. The summed E-state index contributed by atoms with van der Waals surface area (Å²) < 4.78 is 43.4. The van der Waals surface area contributed by atoms with Gasteiger partial charge in [0.2, 0.25) is 15.4 Å². The first kappa shape index (κ1) is 32.5. The lowest BCUT2D eigenvalue weighted by molar-refractivity contribution is -0.777. The van der Waals surface area contributed by atoms with E-state index in [1.165, 1.54) is 0 Å². The van der Waals surface area contributed by atoms with Crippen molar-refractivity contribution in [2.75, 3.05) is 31.1 Å². The van der Waals surface area contributed by atoms with Crippen molar-refractivity contribution >= 4 is 38.7 Å². The molecular formula is C33H41N3O6S2. The molecule has 9 nitrogen and oxygen atoms in total. The molecule has 0 aromatic heterocycles. The first-order chi connectivity index (χ1) is 21.3. The molecule has 2 aromatic carbocycles. The molecule has 11 heteroatoms. The second-order valence-corrected chi connectivity index (χ2v) is 13.5. The van der Waals surface area contributed by atoms with Crippen LogP contribution in [0.4, 0.5) is 5.69 Å². The van der Waals surface area contributed by atoms with Gasteiger partial charge in [0.05, 0.1) is 23.0 Å². The van der Waals surface area contributed by atoms with Gasteiger partial charge < -0.3 is 14.6 Å². The topological polar surface area (TPSA) is 107 Å². The molecule has 0 bridgehead atoms. The van der Waals surface area contributed by atoms with Crippen LogP contribution < -0.4 is 24.8 Å². The lowest BCUT2D eigenvalue weighted by atomic mass is 9.93. The Kier molecular flexibility index (Phi) is 10.7. The van der Waals surface area contributed by atoms with Crippen molar-refractivity contribution in [2.45, 2.75) is 75.6 Å². The second kappa shape index (κ2) is 14.4. The van der Waals surface area contributed by atoms with E-state index in [1.807, 2.05) is 24.3 Å². The number of anilines is 1. The number of hydrogen-bond donors (Lipinski definition) is 1. The number of nitrogens with one attached hydrogen (secondary N) is 1. The third-order valence-electron chi connectivity index (χ3n) is 8.56. The number of benzene rings is 3. The highest BCUT2D eigenvalue weighted by Gasteiger charge is 2.26. The van der Waals surface area contributed by atoms with Gasteiger partial charge in [-0.2, -0.15) is 4.33 Å². The normalized spacial score (nSPS) is 14.4. The Hall–Kier alpha value is -2.93. The van der Waals surface area contributed by atoms with Crippen LogP contribution in [0.5, 0.6) is 0 Å². The van der Waals surface area contributed by atoms with Gasteiger partial charge in [-0.1, -0.05) is 25.3 Å². The molecule has 1 N–H and O–H groups in total. The summed E-state index contributed by atoms with van der Waals surface area (Å²) >= 11 is 0.692. The molecule has 0 spiro atoms. The van der Waals surface area contributed by atoms with E-state index >= 15 is 0 Å². The van der Waals surface area contributed by atoms with E-state index in [4.69, 9.17) is 8.75 Å². The molecular weight excluding hydrogens is 599 g/mol. The van der Waals surface area contributed by atoms with Crippen LogP contribution in [-0.2, 0) is 19.4 Å². The van der Waals surface area contributed by atoms with Crippen molar-refractivity contribution in [3.05, 3.63) is 60.0 Å². The summed E-state index contributed by atoms with van der Waals surface area (Å²) in [6, 6.07) is 17.1. The minimum absolute atomic E-state index is 0.0885. The summed E-state index contributed by atoms with van der Waals surface area (Å²) in [5, 5.41) is 16.5. The maximum Gasteiger partial charge on any atom is 0.240 e. The van der Waals surface area contributed by atoms with E-state index < -0.39 is 10.0 Å². The van der Waals surface area contributed by atoms with Gasteiger partial charge in [0.25, 0.3) is 0 Å². The van der Waals surface area contributed by atoms with Gasteiger partial charge in [0.15, 0.2) is 0 Å². The van der Waals surface area contributed by atoms with E-state index in [0.29, 0.717) is 33.8 Å². The summed E-state index contributed by atoms with van der Waals surface area (Å²) in [5.41, 5.74) is 4.13. The predicted octanol–water partition coefficient (Wildman–Crippen LogP) is 5.70. The van der Waals surface area contributed by atoms with Crippen LogP contribution in [0.2, 0.25) is 0 Å². The first-order valence-electron chi connectivity index (χ1n) is 15.5. The van der Waals surface area contributed by atoms with Crippen LogP contribution >= 0.6 is 12.0 Å². The molecule has 3 aliphatic rings. The zero-order chi connectivity index (χ0) is 31.3. The monoisotopic (exact) mass is 639 g/mol. The molecule has 5 rings (SSSR count). The van der Waals surface area contributed by atoms with Crippen molar-refractivity contribution in [3.8, 4) is 22.5 Å².